The van der Waals surface area contributed by atoms with E-state index in [-0.39, 0.29) is 10.0 Å². The van der Waals surface area contributed by atoms with Crippen LogP contribution in [0.15, 0.2) is 23.2 Å². The van der Waals surface area contributed by atoms with Crippen LogP contribution >= 0.6 is 11.6 Å². The summed E-state index contributed by atoms with van der Waals surface area (Å²) < 4.78 is 25.5. The molecule has 6 heteroatoms. The molecule has 0 amide bonds. The summed E-state index contributed by atoms with van der Waals surface area (Å²) in [5.74, 6) is 0. The molecule has 0 aliphatic heterocycles. The van der Waals surface area contributed by atoms with E-state index in [9.17, 15) is 8.42 Å². The van der Waals surface area contributed by atoms with Gasteiger partial charge in [0.05, 0.1) is 0 Å². The molecule has 0 aliphatic carbocycles. The van der Waals surface area contributed by atoms with Crippen molar-refractivity contribution in [3.63, 3.8) is 0 Å². The first-order valence-corrected chi connectivity index (χ1v) is 7.38. The van der Waals surface area contributed by atoms with Gasteiger partial charge < -0.3 is 0 Å². The highest BCUT2D eigenvalue weighted by molar-refractivity contribution is 7.89. The maximum Gasteiger partial charge on any atom is 0.244 e. The monoisotopic (exact) mass is 276 g/mol. The highest BCUT2D eigenvalue weighted by atomic mass is 35.5. The topological polar surface area (TPSA) is 50.3 Å². The molecule has 0 radical (unpaired) electrons. The first kappa shape index (κ1) is 14.4. The van der Waals surface area contributed by atoms with Gasteiger partial charge in [0.15, 0.2) is 0 Å². The first-order valence-electron chi connectivity index (χ1n) is 5.56. The standard InChI is InChI=1S/C11H17ClN2O2S/c1-3-4-5-8-14(2)17(15,16)10-6-7-11(12)13-9-10/h6-7,9H,3-5,8H2,1-2H3. The molecular weight excluding hydrogens is 260 g/mol. The Morgan fingerprint density at radius 3 is 2.59 bits per heavy atom. The van der Waals surface area contributed by atoms with Crippen molar-refractivity contribution in [2.45, 2.75) is 31.1 Å². The van der Waals surface area contributed by atoms with E-state index in [0.29, 0.717) is 6.54 Å². The van der Waals surface area contributed by atoms with Gasteiger partial charge in [0.25, 0.3) is 0 Å². The summed E-state index contributed by atoms with van der Waals surface area (Å²) in [5, 5.41) is 0.289. The molecule has 17 heavy (non-hydrogen) atoms. The van der Waals surface area contributed by atoms with E-state index in [4.69, 9.17) is 11.6 Å². The Kier molecular flexibility index (Phi) is 5.36. The minimum atomic E-state index is -3.42. The van der Waals surface area contributed by atoms with Gasteiger partial charge in [-0.1, -0.05) is 31.4 Å². The van der Waals surface area contributed by atoms with Crippen LogP contribution < -0.4 is 0 Å². The van der Waals surface area contributed by atoms with Gasteiger partial charge in [0.2, 0.25) is 10.0 Å². The fourth-order valence-corrected chi connectivity index (χ4v) is 2.67. The molecule has 1 aromatic heterocycles. The van der Waals surface area contributed by atoms with E-state index in [0.717, 1.165) is 19.3 Å². The number of hydrogen-bond acceptors (Lipinski definition) is 3. The molecule has 0 saturated heterocycles. The molecule has 0 aliphatic rings. The number of unbranched alkanes of at least 4 members (excludes halogenated alkanes) is 2. The lowest BCUT2D eigenvalue weighted by Gasteiger charge is -2.16. The number of rotatable bonds is 6. The van der Waals surface area contributed by atoms with Crippen molar-refractivity contribution < 1.29 is 8.42 Å². The molecule has 0 atom stereocenters. The van der Waals surface area contributed by atoms with Crippen molar-refractivity contribution in [3.8, 4) is 0 Å². The zero-order valence-electron chi connectivity index (χ0n) is 10.1. The summed E-state index contributed by atoms with van der Waals surface area (Å²) in [6.07, 6.45) is 4.25. The minimum Gasteiger partial charge on any atom is -0.243 e. The van der Waals surface area contributed by atoms with Gasteiger partial charge >= 0.3 is 0 Å². The molecule has 0 saturated carbocycles. The molecule has 1 rings (SSSR count). The maximum atomic E-state index is 12.1. The number of halogens is 1. The van der Waals surface area contributed by atoms with Crippen molar-refractivity contribution in [1.29, 1.82) is 0 Å². The highest BCUT2D eigenvalue weighted by Crippen LogP contribution is 2.15. The molecule has 0 N–H and O–H groups in total. The van der Waals surface area contributed by atoms with Gasteiger partial charge in [-0.15, -0.1) is 0 Å². The van der Waals surface area contributed by atoms with E-state index < -0.39 is 10.0 Å². The molecule has 0 aromatic carbocycles. The van der Waals surface area contributed by atoms with Gasteiger partial charge in [0, 0.05) is 19.8 Å². The molecule has 0 spiro atoms. The molecule has 1 aromatic rings. The van der Waals surface area contributed by atoms with Crippen LogP contribution in [0.5, 0.6) is 0 Å². The summed E-state index contributed by atoms with van der Waals surface area (Å²) >= 11 is 5.62. The molecule has 1 heterocycles. The molecular formula is C11H17ClN2O2S. The molecule has 0 fully saturated rings. The zero-order valence-corrected chi connectivity index (χ0v) is 11.6. The predicted molar refractivity (Wildman–Crippen MR) is 68.6 cm³/mol. The fraction of sp³-hybridized carbons (Fsp3) is 0.545. The first-order chi connectivity index (χ1) is 7.98. The zero-order chi connectivity index (χ0) is 12.9. The quantitative estimate of drug-likeness (QED) is 0.593. The fourth-order valence-electron chi connectivity index (χ4n) is 1.40. The van der Waals surface area contributed by atoms with E-state index in [1.54, 1.807) is 7.05 Å². The summed E-state index contributed by atoms with van der Waals surface area (Å²) in [5.41, 5.74) is 0. The van der Waals surface area contributed by atoms with Crippen LogP contribution in [0.25, 0.3) is 0 Å². The summed E-state index contributed by atoms with van der Waals surface area (Å²) in [6.45, 7) is 2.61. The highest BCUT2D eigenvalue weighted by Gasteiger charge is 2.20. The van der Waals surface area contributed by atoms with E-state index in [1.807, 2.05) is 0 Å². The normalized spacial score (nSPS) is 12.0. The Bertz CT molecular complexity index is 445. The average molecular weight is 277 g/mol. The molecule has 0 unspecified atom stereocenters. The number of nitrogens with zero attached hydrogens (tertiary/aromatic N) is 2. The Balaban J connectivity index is 2.76. The molecule has 96 valence electrons. The number of sulfonamides is 1. The lowest BCUT2D eigenvalue weighted by atomic mass is 10.2. The van der Waals surface area contributed by atoms with Crippen molar-refractivity contribution in [2.24, 2.45) is 0 Å². The SMILES string of the molecule is CCCCCN(C)S(=O)(=O)c1ccc(Cl)nc1. The predicted octanol–water partition coefficient (Wildman–Crippen LogP) is 2.55. The van der Waals surface area contributed by atoms with Crippen molar-refractivity contribution in [3.05, 3.63) is 23.5 Å². The summed E-state index contributed by atoms with van der Waals surface area (Å²) in [7, 11) is -1.84. The smallest absolute Gasteiger partial charge is 0.243 e. The Morgan fingerprint density at radius 1 is 1.35 bits per heavy atom. The number of pyridine rings is 1. The third-order valence-electron chi connectivity index (χ3n) is 2.48. The van der Waals surface area contributed by atoms with Gasteiger partial charge in [0.1, 0.15) is 10.0 Å². The van der Waals surface area contributed by atoms with Crippen molar-refractivity contribution >= 4 is 21.6 Å². The van der Waals surface area contributed by atoms with Crippen molar-refractivity contribution in [1.82, 2.24) is 9.29 Å². The Hall–Kier alpha value is -0.650. The Morgan fingerprint density at radius 2 is 2.06 bits per heavy atom. The van der Waals surface area contributed by atoms with Crippen LogP contribution in [-0.2, 0) is 10.0 Å². The van der Waals surface area contributed by atoms with Gasteiger partial charge in [-0.2, -0.15) is 0 Å². The summed E-state index contributed by atoms with van der Waals surface area (Å²) in [4.78, 5) is 3.97. The largest absolute Gasteiger partial charge is 0.244 e. The van der Waals surface area contributed by atoms with Gasteiger partial charge in [-0.05, 0) is 18.6 Å². The van der Waals surface area contributed by atoms with Crippen LogP contribution in [0.3, 0.4) is 0 Å². The molecule has 0 bridgehead atoms. The number of aromatic nitrogens is 1. The van der Waals surface area contributed by atoms with E-state index in [1.165, 1.54) is 22.6 Å². The lowest BCUT2D eigenvalue weighted by molar-refractivity contribution is 0.454. The maximum absolute atomic E-state index is 12.1. The minimum absolute atomic E-state index is 0.181. The van der Waals surface area contributed by atoms with E-state index >= 15 is 0 Å². The molecule has 4 nitrogen and oxygen atoms in total. The van der Waals surface area contributed by atoms with Crippen LogP contribution in [0.4, 0.5) is 0 Å². The Labute approximate surface area is 108 Å². The van der Waals surface area contributed by atoms with E-state index in [2.05, 4.69) is 11.9 Å². The van der Waals surface area contributed by atoms with Gasteiger partial charge in [-0.25, -0.2) is 17.7 Å². The second-order valence-corrected chi connectivity index (χ2v) is 6.28. The van der Waals surface area contributed by atoms with Gasteiger partial charge in [-0.3, -0.25) is 0 Å². The van der Waals surface area contributed by atoms with Crippen LogP contribution in [0.2, 0.25) is 5.15 Å². The van der Waals surface area contributed by atoms with Crippen LogP contribution in [0, 0.1) is 0 Å². The average Bonchev–Trinajstić information content (AvgIpc) is 2.29. The van der Waals surface area contributed by atoms with Crippen molar-refractivity contribution in [2.75, 3.05) is 13.6 Å². The van der Waals surface area contributed by atoms with Crippen LogP contribution in [0.1, 0.15) is 26.2 Å². The third-order valence-corrected chi connectivity index (χ3v) is 4.55. The lowest BCUT2D eigenvalue weighted by Crippen LogP contribution is -2.28. The number of hydrogen-bond donors (Lipinski definition) is 0. The summed E-state index contributed by atoms with van der Waals surface area (Å²) in [6, 6.07) is 2.95. The second kappa shape index (κ2) is 6.33. The van der Waals surface area contributed by atoms with Crippen LogP contribution in [-0.4, -0.2) is 31.3 Å². The second-order valence-electron chi connectivity index (χ2n) is 3.85. The third kappa shape index (κ3) is 3.94.